The van der Waals surface area contributed by atoms with E-state index in [1.807, 2.05) is 6.07 Å². The van der Waals surface area contributed by atoms with Crippen LogP contribution in [0.25, 0.3) is 0 Å². The van der Waals surface area contributed by atoms with Crippen molar-refractivity contribution in [3.05, 3.63) is 23.9 Å². The Balaban J connectivity index is 1.75. The summed E-state index contributed by atoms with van der Waals surface area (Å²) in [7, 11) is 0. The average molecular weight is 327 g/mol. The predicted octanol–water partition coefficient (Wildman–Crippen LogP) is 2.71. The minimum Gasteiger partial charge on any atom is -0.474 e. The molecule has 124 valence electrons. The predicted molar refractivity (Wildman–Crippen MR) is 74.4 cm³/mol. The first-order valence-corrected chi connectivity index (χ1v) is 7.24. The Bertz CT molecular complexity index is 573. The quantitative estimate of drug-likeness (QED) is 0.922. The lowest BCUT2D eigenvalue weighted by Crippen LogP contribution is -2.41. The molecule has 1 aliphatic carbocycles. The van der Waals surface area contributed by atoms with Gasteiger partial charge in [0.1, 0.15) is 18.6 Å². The summed E-state index contributed by atoms with van der Waals surface area (Å²) >= 11 is 0. The number of aromatic nitrogens is 1. The molecule has 1 fully saturated rings. The molecule has 8 heteroatoms. The molecule has 0 bridgehead atoms. The number of carbonyl (C=O) groups is 1. The van der Waals surface area contributed by atoms with Crippen LogP contribution in [0.2, 0.25) is 0 Å². The number of rotatable bonds is 4. The molecule has 1 heterocycles. The molecule has 1 aromatic rings. The number of hydrogen-bond acceptors (Lipinski definition) is 4. The van der Waals surface area contributed by atoms with Crippen LogP contribution < -0.4 is 10.1 Å². The monoisotopic (exact) mass is 327 g/mol. The number of nitrogens with zero attached hydrogens (tertiary/aromatic N) is 2. The van der Waals surface area contributed by atoms with Crippen molar-refractivity contribution in [1.29, 1.82) is 5.26 Å². The Labute approximate surface area is 131 Å². The van der Waals surface area contributed by atoms with Gasteiger partial charge in [-0.2, -0.15) is 18.4 Å². The van der Waals surface area contributed by atoms with Gasteiger partial charge in [-0.25, -0.2) is 4.98 Å². The average Bonchev–Trinajstić information content (AvgIpc) is 2.48. The molecule has 2 rings (SSSR count). The van der Waals surface area contributed by atoms with Crippen LogP contribution in [0.1, 0.15) is 37.7 Å². The highest BCUT2D eigenvalue weighted by Gasteiger charge is 2.32. The maximum atomic E-state index is 12.1. The van der Waals surface area contributed by atoms with E-state index in [4.69, 9.17) is 10.00 Å². The molecular formula is C15H16F3N3O2. The number of amides is 1. The first-order chi connectivity index (χ1) is 10.9. The molecule has 0 spiro atoms. The first kappa shape index (κ1) is 17.1. The summed E-state index contributed by atoms with van der Waals surface area (Å²) in [6.07, 6.45) is -2.24. The third kappa shape index (κ3) is 5.77. The van der Waals surface area contributed by atoms with E-state index in [1.54, 1.807) is 12.1 Å². The number of hydrogen-bond donors (Lipinski definition) is 1. The lowest BCUT2D eigenvalue weighted by Gasteiger charge is -2.29. The van der Waals surface area contributed by atoms with Crippen molar-refractivity contribution in [2.45, 2.75) is 50.4 Å². The Morgan fingerprint density at radius 1 is 1.35 bits per heavy atom. The van der Waals surface area contributed by atoms with Gasteiger partial charge in [-0.15, -0.1) is 0 Å². The smallest absolute Gasteiger partial charge is 0.397 e. The minimum absolute atomic E-state index is 0.0915. The van der Waals surface area contributed by atoms with Crippen molar-refractivity contribution in [3.8, 4) is 11.9 Å². The molecule has 0 atom stereocenters. The lowest BCUT2D eigenvalue weighted by atomic mass is 9.93. The van der Waals surface area contributed by atoms with E-state index in [0.717, 1.165) is 0 Å². The fourth-order valence-corrected chi connectivity index (χ4v) is 2.47. The van der Waals surface area contributed by atoms with Crippen LogP contribution in [0, 0.1) is 11.3 Å². The second kappa shape index (κ2) is 7.31. The summed E-state index contributed by atoms with van der Waals surface area (Å²) in [6.45, 7) is 0. The number of nitrogens with one attached hydrogen (secondary N) is 1. The van der Waals surface area contributed by atoms with Crippen molar-refractivity contribution in [2.24, 2.45) is 0 Å². The van der Waals surface area contributed by atoms with Gasteiger partial charge in [-0.1, -0.05) is 0 Å². The Kier molecular flexibility index (Phi) is 5.42. The fourth-order valence-electron chi connectivity index (χ4n) is 2.47. The minimum atomic E-state index is -4.48. The van der Waals surface area contributed by atoms with Gasteiger partial charge in [0.25, 0.3) is 0 Å². The van der Waals surface area contributed by atoms with Gasteiger partial charge < -0.3 is 10.1 Å². The molecule has 23 heavy (non-hydrogen) atoms. The second-order valence-electron chi connectivity index (χ2n) is 5.45. The third-order valence-electron chi connectivity index (χ3n) is 3.55. The molecule has 0 aromatic carbocycles. The zero-order chi connectivity index (χ0) is 16.9. The summed E-state index contributed by atoms with van der Waals surface area (Å²) in [4.78, 5) is 15.3. The van der Waals surface area contributed by atoms with E-state index in [-0.39, 0.29) is 12.1 Å². The SMILES string of the molecule is N#Cc1ccc(OC2CCC(NC(=O)CC(F)(F)F)CC2)nc1. The molecule has 1 aromatic heterocycles. The first-order valence-electron chi connectivity index (χ1n) is 7.24. The maximum absolute atomic E-state index is 12.1. The number of alkyl halides is 3. The van der Waals surface area contributed by atoms with Crippen LogP contribution in [-0.4, -0.2) is 29.2 Å². The van der Waals surface area contributed by atoms with E-state index in [9.17, 15) is 18.0 Å². The largest absolute Gasteiger partial charge is 0.474 e. The highest BCUT2D eigenvalue weighted by molar-refractivity contribution is 5.76. The second-order valence-corrected chi connectivity index (χ2v) is 5.45. The van der Waals surface area contributed by atoms with Gasteiger partial charge in [0.2, 0.25) is 11.8 Å². The fraction of sp³-hybridized carbons (Fsp3) is 0.533. The molecule has 5 nitrogen and oxygen atoms in total. The molecule has 1 aliphatic rings. The van der Waals surface area contributed by atoms with Crippen LogP contribution in [-0.2, 0) is 4.79 Å². The van der Waals surface area contributed by atoms with Gasteiger partial charge >= 0.3 is 6.18 Å². The summed E-state index contributed by atoms with van der Waals surface area (Å²) < 4.78 is 42.0. The van der Waals surface area contributed by atoms with Gasteiger partial charge in [0.05, 0.1) is 5.56 Å². The van der Waals surface area contributed by atoms with Gasteiger partial charge in [-0.05, 0) is 31.7 Å². The zero-order valence-electron chi connectivity index (χ0n) is 12.3. The van der Waals surface area contributed by atoms with Crippen molar-refractivity contribution < 1.29 is 22.7 Å². The summed E-state index contributed by atoms with van der Waals surface area (Å²) in [5.74, 6) is -0.579. The Morgan fingerprint density at radius 3 is 2.57 bits per heavy atom. The third-order valence-corrected chi connectivity index (χ3v) is 3.55. The van der Waals surface area contributed by atoms with Crippen molar-refractivity contribution >= 4 is 5.91 Å². The molecule has 0 aliphatic heterocycles. The standard InChI is InChI=1S/C15H16F3N3O2/c16-15(17,18)7-13(22)21-11-2-4-12(5-3-11)23-14-6-1-10(8-19)9-20-14/h1,6,9,11-12H,2-5,7H2,(H,21,22). The number of halogens is 3. The topological polar surface area (TPSA) is 75.0 Å². The number of carbonyl (C=O) groups excluding carboxylic acids is 1. The molecule has 1 saturated carbocycles. The zero-order valence-corrected chi connectivity index (χ0v) is 12.3. The van der Waals surface area contributed by atoms with Crippen LogP contribution in [0.15, 0.2) is 18.3 Å². The summed E-state index contributed by atoms with van der Waals surface area (Å²) in [5.41, 5.74) is 0.438. The Hall–Kier alpha value is -2.30. The molecule has 1 N–H and O–H groups in total. The van der Waals surface area contributed by atoms with Crippen LogP contribution in [0.4, 0.5) is 13.2 Å². The highest BCUT2D eigenvalue weighted by atomic mass is 19.4. The van der Waals surface area contributed by atoms with E-state index < -0.39 is 18.5 Å². The lowest BCUT2D eigenvalue weighted by molar-refractivity contribution is -0.154. The summed E-state index contributed by atoms with van der Waals surface area (Å²) in [5, 5.41) is 11.1. The normalized spacial score (nSPS) is 21.3. The van der Waals surface area contributed by atoms with Gasteiger partial charge in [0, 0.05) is 18.3 Å². The van der Waals surface area contributed by atoms with Gasteiger partial charge in [-0.3, -0.25) is 4.79 Å². The maximum Gasteiger partial charge on any atom is 0.397 e. The van der Waals surface area contributed by atoms with Crippen LogP contribution in [0.5, 0.6) is 5.88 Å². The van der Waals surface area contributed by atoms with Crippen LogP contribution >= 0.6 is 0 Å². The molecular weight excluding hydrogens is 311 g/mol. The van der Waals surface area contributed by atoms with Crippen molar-refractivity contribution in [2.75, 3.05) is 0 Å². The molecule has 0 saturated heterocycles. The number of nitriles is 1. The Morgan fingerprint density at radius 2 is 2.04 bits per heavy atom. The van der Waals surface area contributed by atoms with Crippen molar-refractivity contribution in [1.82, 2.24) is 10.3 Å². The number of pyridine rings is 1. The van der Waals surface area contributed by atoms with Crippen LogP contribution in [0.3, 0.4) is 0 Å². The highest BCUT2D eigenvalue weighted by Crippen LogP contribution is 2.24. The molecule has 0 radical (unpaired) electrons. The van der Waals surface area contributed by atoms with Crippen molar-refractivity contribution in [3.63, 3.8) is 0 Å². The van der Waals surface area contributed by atoms with E-state index in [0.29, 0.717) is 37.1 Å². The molecule has 1 amide bonds. The van der Waals surface area contributed by atoms with E-state index in [2.05, 4.69) is 10.3 Å². The molecule has 0 unspecified atom stereocenters. The van der Waals surface area contributed by atoms with E-state index in [1.165, 1.54) is 6.20 Å². The summed E-state index contributed by atoms with van der Waals surface area (Å²) in [6, 6.07) is 4.92. The number of ether oxygens (including phenoxy) is 1. The van der Waals surface area contributed by atoms with Gasteiger partial charge in [0.15, 0.2) is 0 Å². The van der Waals surface area contributed by atoms with E-state index >= 15 is 0 Å².